The van der Waals surface area contributed by atoms with Gasteiger partial charge in [0.25, 0.3) is 0 Å². The van der Waals surface area contributed by atoms with Crippen LogP contribution in [0.2, 0.25) is 0 Å². The predicted molar refractivity (Wildman–Crippen MR) is 244 cm³/mol. The molecule has 0 aliphatic carbocycles. The van der Waals surface area contributed by atoms with Crippen LogP contribution in [0.3, 0.4) is 0 Å². The number of phenols is 1. The third kappa shape index (κ3) is 18.3. The highest BCUT2D eigenvalue weighted by Crippen LogP contribution is 2.21. The topological polar surface area (TPSA) is 403 Å². The van der Waals surface area contributed by atoms with Crippen molar-refractivity contribution in [2.45, 2.75) is 134 Å². The lowest BCUT2D eigenvalue weighted by atomic mass is 9.96. The highest BCUT2D eigenvalue weighted by atomic mass is 16.3. The molecule has 3 rings (SSSR count). The summed E-state index contributed by atoms with van der Waals surface area (Å²) >= 11 is 0. The Morgan fingerprint density at radius 3 is 2.01 bits per heavy atom. The summed E-state index contributed by atoms with van der Waals surface area (Å²) in [7, 11) is 0. The largest absolute Gasteiger partial charge is 0.508 e. The van der Waals surface area contributed by atoms with Crippen LogP contribution in [0.15, 0.2) is 24.3 Å². The molecule has 12 amide bonds. The van der Waals surface area contributed by atoms with Crippen LogP contribution in [-0.2, 0) is 64.0 Å². The molecule has 380 valence electrons. The number of likely N-dealkylation sites (tertiary alicyclic amines) is 1. The molecule has 8 atom stereocenters. The molecule has 1 unspecified atom stereocenters. The maximum absolute atomic E-state index is 14.4. The summed E-state index contributed by atoms with van der Waals surface area (Å²) in [6.45, 7) is 5.76. The summed E-state index contributed by atoms with van der Waals surface area (Å²) in [6.07, 6.45) is -1.97. The van der Waals surface area contributed by atoms with Gasteiger partial charge in [0.05, 0.1) is 19.5 Å². The predicted octanol–water partition coefficient (Wildman–Crippen LogP) is -4.42. The monoisotopic (exact) mass is 970 g/mol. The summed E-state index contributed by atoms with van der Waals surface area (Å²) in [5.74, 6) is -11.5. The molecular formula is C44H66N12O13. The Balaban J connectivity index is 2.06. The highest BCUT2D eigenvalue weighted by Gasteiger charge is 2.41. The number of nitrogens with two attached hydrogens (primary N) is 3. The lowest BCUT2D eigenvalue weighted by molar-refractivity contribution is -0.143. The maximum atomic E-state index is 14.4. The molecule has 69 heavy (non-hydrogen) atoms. The molecule has 0 aromatic heterocycles. The molecule has 2 aliphatic heterocycles. The average Bonchev–Trinajstić information content (AvgIpc) is 3.78. The number of hydrogen-bond acceptors (Lipinski definition) is 13. The van der Waals surface area contributed by atoms with Gasteiger partial charge >= 0.3 is 0 Å². The first-order valence-corrected chi connectivity index (χ1v) is 22.8. The van der Waals surface area contributed by atoms with E-state index in [4.69, 9.17) is 17.2 Å². The van der Waals surface area contributed by atoms with E-state index in [0.717, 1.165) is 4.90 Å². The number of amides is 12. The van der Waals surface area contributed by atoms with Gasteiger partial charge in [-0.2, -0.15) is 0 Å². The van der Waals surface area contributed by atoms with Gasteiger partial charge in [0, 0.05) is 25.8 Å². The second-order valence-electron chi connectivity index (χ2n) is 17.6. The minimum absolute atomic E-state index is 0.0163. The number of nitrogens with one attached hydrogen (secondary N) is 8. The maximum Gasteiger partial charge on any atom is 0.245 e. The van der Waals surface area contributed by atoms with E-state index in [2.05, 4.69) is 42.5 Å². The van der Waals surface area contributed by atoms with E-state index in [9.17, 15) is 62.6 Å². The quantitative estimate of drug-likeness (QED) is 0.0703. The van der Waals surface area contributed by atoms with Gasteiger partial charge in [-0.25, -0.2) is 0 Å². The average molecular weight is 971 g/mol. The van der Waals surface area contributed by atoms with Crippen molar-refractivity contribution in [3.8, 4) is 5.75 Å². The van der Waals surface area contributed by atoms with Crippen molar-refractivity contribution in [1.82, 2.24) is 47.4 Å². The van der Waals surface area contributed by atoms with Crippen molar-refractivity contribution < 1.29 is 62.6 Å². The smallest absolute Gasteiger partial charge is 0.245 e. The zero-order valence-electron chi connectivity index (χ0n) is 39.2. The first-order chi connectivity index (χ1) is 32.5. The number of carbonyl (C=O) groups is 12. The zero-order chi connectivity index (χ0) is 51.5. The summed E-state index contributed by atoms with van der Waals surface area (Å²) in [5.41, 5.74) is 16.5. The van der Waals surface area contributed by atoms with Crippen LogP contribution in [0.5, 0.6) is 5.75 Å². The number of hydrogen-bond donors (Lipinski definition) is 12. The van der Waals surface area contributed by atoms with Crippen LogP contribution in [0, 0.1) is 11.8 Å². The van der Waals surface area contributed by atoms with Crippen molar-refractivity contribution in [2.75, 3.05) is 19.6 Å². The number of primary amides is 3. The van der Waals surface area contributed by atoms with E-state index in [1.165, 1.54) is 24.3 Å². The Labute approximate surface area is 398 Å². The Bertz CT molecular complexity index is 2080. The molecule has 2 saturated heterocycles. The molecule has 0 spiro atoms. The van der Waals surface area contributed by atoms with E-state index in [0.29, 0.717) is 18.4 Å². The van der Waals surface area contributed by atoms with E-state index in [1.54, 1.807) is 27.7 Å². The van der Waals surface area contributed by atoms with Gasteiger partial charge in [0.1, 0.15) is 48.0 Å². The third-order valence-electron chi connectivity index (χ3n) is 11.5. The second-order valence-corrected chi connectivity index (χ2v) is 17.6. The minimum Gasteiger partial charge on any atom is -0.508 e. The fraction of sp³-hybridized carbons (Fsp3) is 0.591. The highest BCUT2D eigenvalue weighted by molar-refractivity contribution is 5.99. The van der Waals surface area contributed by atoms with E-state index in [1.807, 2.05) is 0 Å². The molecule has 0 radical (unpaired) electrons. The molecule has 1 aromatic carbocycles. The molecular weight excluding hydrogens is 905 g/mol. The summed E-state index contributed by atoms with van der Waals surface area (Å²) < 4.78 is 0. The number of benzene rings is 1. The third-order valence-corrected chi connectivity index (χ3v) is 11.5. The van der Waals surface area contributed by atoms with Crippen molar-refractivity contribution in [3.63, 3.8) is 0 Å². The van der Waals surface area contributed by atoms with Gasteiger partial charge in [-0.1, -0.05) is 46.2 Å². The van der Waals surface area contributed by atoms with Crippen molar-refractivity contribution in [2.24, 2.45) is 29.0 Å². The Hall–Kier alpha value is -7.34. The molecule has 2 heterocycles. The van der Waals surface area contributed by atoms with Gasteiger partial charge in [0.15, 0.2) is 0 Å². The number of phenolic OH excluding ortho intramolecular Hbond substituents is 1. The fourth-order valence-electron chi connectivity index (χ4n) is 7.62. The lowest BCUT2D eigenvalue weighted by Crippen LogP contribution is -2.61. The number of carbonyl (C=O) groups excluding carboxylic acids is 12. The van der Waals surface area contributed by atoms with Crippen LogP contribution in [0.25, 0.3) is 0 Å². The van der Waals surface area contributed by atoms with Crippen LogP contribution < -0.4 is 59.7 Å². The molecule has 2 aliphatic rings. The molecule has 25 heteroatoms. The Morgan fingerprint density at radius 1 is 0.768 bits per heavy atom. The number of nitrogens with zero attached hydrogens (tertiary/aromatic N) is 1. The Morgan fingerprint density at radius 2 is 1.41 bits per heavy atom. The van der Waals surface area contributed by atoms with Gasteiger partial charge in [-0.05, 0) is 61.6 Å². The van der Waals surface area contributed by atoms with Crippen molar-refractivity contribution >= 4 is 70.9 Å². The van der Waals surface area contributed by atoms with Crippen LogP contribution >= 0.6 is 0 Å². The normalized spacial score (nSPS) is 23.1. The fourth-order valence-corrected chi connectivity index (χ4v) is 7.62. The Kier molecular flexibility index (Phi) is 21.8. The zero-order valence-corrected chi connectivity index (χ0v) is 39.2. The molecule has 2 fully saturated rings. The lowest BCUT2D eigenvalue weighted by Gasteiger charge is -2.31. The van der Waals surface area contributed by atoms with Gasteiger partial charge < -0.3 is 69.7 Å². The number of aromatic hydroxyl groups is 1. The van der Waals surface area contributed by atoms with Gasteiger partial charge in [-0.15, -0.1) is 0 Å². The van der Waals surface area contributed by atoms with E-state index < -0.39 is 164 Å². The summed E-state index contributed by atoms with van der Waals surface area (Å²) in [6, 6.07) is -4.37. The first kappa shape index (κ1) is 56.0. The standard InChI is InChI=1S/C44H66N12O13/c1-5-23(4)37-43(68)51-26(12-14-32(45)58)39(64)53-30(19-33(46)59)40(65)52-27(13-15-35(61)48-21-36(62)50-29(41(66)55-37)18-24-8-10-25(57)11-9-24)44(69)56-16-6-7-31(56)42(67)54-28(17-22(2)3)38(63)49-20-34(47)60/h8-11,22-23,26-31,37,57H,5-7,12-21H2,1-4H3,(H2,45,58)(H2,46,59)(H2,47,60)(H,48,61)(H,49,63)(H,50,62)(H,51,68)(H,52,65)(H,53,64)(H,54,67)(H,55,66)/t23-,26-,27-,28-,29-,30-,31?,37-/m0/s1. The molecule has 1 aromatic rings. The molecule has 15 N–H and O–H groups in total. The SMILES string of the molecule is CC[C@H](C)[C@@H]1NC(=O)[C@H](Cc2ccc(O)cc2)NC(=O)CNC(=O)CC[C@@H](C(=O)N2CCCC2C(=O)N[C@@H](CC(C)C)C(=O)NCC(N)=O)NC(=O)[C@H](CC(N)=O)NC(=O)[C@H](CCC(N)=O)NC1=O. The summed E-state index contributed by atoms with van der Waals surface area (Å²) in [4.78, 5) is 161. The van der Waals surface area contributed by atoms with E-state index >= 15 is 0 Å². The van der Waals surface area contributed by atoms with Crippen molar-refractivity contribution in [1.29, 1.82) is 0 Å². The van der Waals surface area contributed by atoms with Crippen LogP contribution in [0.1, 0.15) is 91.0 Å². The van der Waals surface area contributed by atoms with Gasteiger partial charge in [-0.3, -0.25) is 57.5 Å². The minimum atomic E-state index is -1.82. The molecule has 25 nitrogen and oxygen atoms in total. The first-order valence-electron chi connectivity index (χ1n) is 22.8. The van der Waals surface area contributed by atoms with E-state index in [-0.39, 0.29) is 37.5 Å². The van der Waals surface area contributed by atoms with Crippen LogP contribution in [-0.4, -0.2) is 143 Å². The van der Waals surface area contributed by atoms with Crippen molar-refractivity contribution in [3.05, 3.63) is 29.8 Å². The van der Waals surface area contributed by atoms with Crippen LogP contribution in [0.4, 0.5) is 0 Å². The second kappa shape index (κ2) is 26.9. The van der Waals surface area contributed by atoms with Gasteiger partial charge in [0.2, 0.25) is 70.9 Å². The molecule has 0 saturated carbocycles. The number of rotatable bonds is 17. The molecule has 0 bridgehead atoms. The summed E-state index contributed by atoms with van der Waals surface area (Å²) in [5, 5.41) is 29.7.